The van der Waals surface area contributed by atoms with Gasteiger partial charge in [0.15, 0.2) is 0 Å². The van der Waals surface area contributed by atoms with Crippen LogP contribution in [0.1, 0.15) is 23.3 Å². The highest BCUT2D eigenvalue weighted by Gasteiger charge is 2.11. The van der Waals surface area contributed by atoms with Crippen LogP contribution in [0.25, 0.3) is 0 Å². The Morgan fingerprint density at radius 3 is 2.55 bits per heavy atom. The Bertz CT molecular complexity index is 498. The zero-order valence-electron chi connectivity index (χ0n) is 11.8. The van der Waals surface area contributed by atoms with E-state index in [9.17, 15) is 0 Å². The minimum Gasteiger partial charge on any atom is -0.385 e. The summed E-state index contributed by atoms with van der Waals surface area (Å²) in [5.41, 5.74) is 2.66. The number of hydrogen-bond donors (Lipinski definition) is 1. The maximum atomic E-state index is 3.50. The van der Waals surface area contributed by atoms with Crippen LogP contribution in [0, 0.1) is 0 Å². The quantitative estimate of drug-likeness (QED) is 0.863. The number of benzene rings is 1. The SMILES string of the molecule is c1csc(CCNc2ccc(CN3CCCC3)cc2)c1. The van der Waals surface area contributed by atoms with Gasteiger partial charge in [-0.05, 0) is 61.5 Å². The number of anilines is 1. The number of likely N-dealkylation sites (tertiary alicyclic amines) is 1. The lowest BCUT2D eigenvalue weighted by molar-refractivity contribution is 0.331. The third kappa shape index (κ3) is 3.84. The van der Waals surface area contributed by atoms with E-state index < -0.39 is 0 Å². The first-order chi connectivity index (χ1) is 9.90. The van der Waals surface area contributed by atoms with Crippen molar-refractivity contribution in [3.8, 4) is 0 Å². The van der Waals surface area contributed by atoms with Crippen LogP contribution in [0.4, 0.5) is 5.69 Å². The van der Waals surface area contributed by atoms with Crippen LogP contribution in [0.5, 0.6) is 0 Å². The van der Waals surface area contributed by atoms with Crippen molar-refractivity contribution in [2.24, 2.45) is 0 Å². The Morgan fingerprint density at radius 2 is 1.85 bits per heavy atom. The number of nitrogens with zero attached hydrogens (tertiary/aromatic N) is 1. The molecule has 0 bridgehead atoms. The van der Waals surface area contributed by atoms with Gasteiger partial charge in [-0.25, -0.2) is 0 Å². The van der Waals surface area contributed by atoms with Gasteiger partial charge >= 0.3 is 0 Å². The first kappa shape index (κ1) is 13.7. The van der Waals surface area contributed by atoms with E-state index in [1.165, 1.54) is 42.1 Å². The van der Waals surface area contributed by atoms with Crippen molar-refractivity contribution in [1.29, 1.82) is 0 Å². The van der Waals surface area contributed by atoms with E-state index in [0.717, 1.165) is 19.5 Å². The molecule has 2 heterocycles. The topological polar surface area (TPSA) is 15.3 Å². The van der Waals surface area contributed by atoms with Gasteiger partial charge < -0.3 is 5.32 Å². The molecule has 1 fully saturated rings. The smallest absolute Gasteiger partial charge is 0.0340 e. The molecule has 0 unspecified atom stereocenters. The first-order valence-electron chi connectivity index (χ1n) is 7.48. The fraction of sp³-hybridized carbons (Fsp3) is 0.412. The summed E-state index contributed by atoms with van der Waals surface area (Å²) in [5, 5.41) is 5.64. The van der Waals surface area contributed by atoms with E-state index in [1.807, 2.05) is 11.3 Å². The average molecular weight is 286 g/mol. The minimum atomic E-state index is 1.01. The van der Waals surface area contributed by atoms with Gasteiger partial charge in [0.1, 0.15) is 0 Å². The molecule has 1 aromatic carbocycles. The second-order valence-corrected chi connectivity index (χ2v) is 6.47. The summed E-state index contributed by atoms with van der Waals surface area (Å²) in [6.07, 6.45) is 3.83. The van der Waals surface area contributed by atoms with Crippen LogP contribution in [0.3, 0.4) is 0 Å². The standard InChI is InChI=1S/C17H22N2S/c1-2-12-19(11-1)14-15-5-7-16(8-6-15)18-10-9-17-4-3-13-20-17/h3-8,13,18H,1-2,9-12,14H2. The minimum absolute atomic E-state index is 1.01. The van der Waals surface area contributed by atoms with Gasteiger partial charge in [-0.15, -0.1) is 11.3 Å². The molecular formula is C17H22N2S. The van der Waals surface area contributed by atoms with Gasteiger partial charge in [0, 0.05) is 23.7 Å². The van der Waals surface area contributed by atoms with Gasteiger partial charge in [0.25, 0.3) is 0 Å². The number of nitrogens with one attached hydrogen (secondary N) is 1. The Hall–Kier alpha value is -1.32. The summed E-state index contributed by atoms with van der Waals surface area (Å²) < 4.78 is 0. The summed E-state index contributed by atoms with van der Waals surface area (Å²) >= 11 is 1.83. The number of hydrogen-bond acceptors (Lipinski definition) is 3. The zero-order valence-corrected chi connectivity index (χ0v) is 12.7. The molecule has 0 atom stereocenters. The van der Waals surface area contributed by atoms with Crippen LogP contribution < -0.4 is 5.32 Å². The second-order valence-electron chi connectivity index (χ2n) is 5.44. The molecule has 1 aliphatic heterocycles. The zero-order chi connectivity index (χ0) is 13.6. The third-order valence-corrected chi connectivity index (χ3v) is 4.78. The van der Waals surface area contributed by atoms with E-state index in [1.54, 1.807) is 0 Å². The molecule has 1 aromatic heterocycles. The van der Waals surface area contributed by atoms with E-state index in [2.05, 4.69) is 52.0 Å². The molecule has 0 saturated carbocycles. The summed E-state index contributed by atoms with van der Waals surface area (Å²) in [5.74, 6) is 0. The van der Waals surface area contributed by atoms with Crippen molar-refractivity contribution in [1.82, 2.24) is 4.90 Å². The molecule has 1 saturated heterocycles. The summed E-state index contributed by atoms with van der Waals surface area (Å²) in [7, 11) is 0. The normalized spacial score (nSPS) is 15.6. The van der Waals surface area contributed by atoms with Gasteiger partial charge in [0.05, 0.1) is 0 Å². The van der Waals surface area contributed by atoms with E-state index in [0.29, 0.717) is 0 Å². The van der Waals surface area contributed by atoms with Crippen molar-refractivity contribution >= 4 is 17.0 Å². The molecule has 2 aromatic rings. The summed E-state index contributed by atoms with van der Waals surface area (Å²) in [6, 6.07) is 13.2. The lowest BCUT2D eigenvalue weighted by atomic mass is 10.2. The van der Waals surface area contributed by atoms with Gasteiger partial charge in [0.2, 0.25) is 0 Å². The Balaban J connectivity index is 1.45. The molecule has 0 radical (unpaired) electrons. The molecule has 3 rings (SSSR count). The largest absolute Gasteiger partial charge is 0.385 e. The van der Waals surface area contributed by atoms with E-state index >= 15 is 0 Å². The Morgan fingerprint density at radius 1 is 1.05 bits per heavy atom. The molecule has 0 amide bonds. The molecule has 0 spiro atoms. The molecule has 1 aliphatic rings. The van der Waals surface area contributed by atoms with Crippen LogP contribution in [-0.4, -0.2) is 24.5 Å². The van der Waals surface area contributed by atoms with Gasteiger partial charge in [-0.1, -0.05) is 18.2 Å². The fourth-order valence-electron chi connectivity index (χ4n) is 2.71. The van der Waals surface area contributed by atoms with Crippen molar-refractivity contribution in [3.05, 3.63) is 52.2 Å². The monoisotopic (exact) mass is 286 g/mol. The molecule has 0 aliphatic carbocycles. The second kappa shape index (κ2) is 6.91. The highest BCUT2D eigenvalue weighted by molar-refractivity contribution is 7.09. The molecule has 2 nitrogen and oxygen atoms in total. The molecular weight excluding hydrogens is 264 g/mol. The predicted molar refractivity (Wildman–Crippen MR) is 87.5 cm³/mol. The van der Waals surface area contributed by atoms with Crippen LogP contribution >= 0.6 is 11.3 Å². The summed E-state index contributed by atoms with van der Waals surface area (Å²) in [6.45, 7) is 4.64. The third-order valence-electron chi connectivity index (χ3n) is 3.84. The lowest BCUT2D eigenvalue weighted by Gasteiger charge is -2.15. The van der Waals surface area contributed by atoms with Crippen LogP contribution in [-0.2, 0) is 13.0 Å². The summed E-state index contributed by atoms with van der Waals surface area (Å²) in [4.78, 5) is 3.99. The molecule has 106 valence electrons. The van der Waals surface area contributed by atoms with Crippen molar-refractivity contribution < 1.29 is 0 Å². The molecule has 1 N–H and O–H groups in total. The van der Waals surface area contributed by atoms with Gasteiger partial charge in [-0.3, -0.25) is 4.90 Å². The van der Waals surface area contributed by atoms with Crippen molar-refractivity contribution in [2.75, 3.05) is 25.0 Å². The highest BCUT2D eigenvalue weighted by atomic mass is 32.1. The Kier molecular flexibility index (Phi) is 4.72. The lowest BCUT2D eigenvalue weighted by Crippen LogP contribution is -2.18. The van der Waals surface area contributed by atoms with Gasteiger partial charge in [-0.2, -0.15) is 0 Å². The molecule has 3 heteroatoms. The van der Waals surface area contributed by atoms with Crippen LogP contribution in [0.2, 0.25) is 0 Å². The van der Waals surface area contributed by atoms with Crippen molar-refractivity contribution in [2.45, 2.75) is 25.8 Å². The Labute approximate surface area is 125 Å². The van der Waals surface area contributed by atoms with E-state index in [-0.39, 0.29) is 0 Å². The van der Waals surface area contributed by atoms with Crippen LogP contribution in [0.15, 0.2) is 41.8 Å². The van der Waals surface area contributed by atoms with Crippen molar-refractivity contribution in [3.63, 3.8) is 0 Å². The van der Waals surface area contributed by atoms with E-state index in [4.69, 9.17) is 0 Å². The maximum Gasteiger partial charge on any atom is 0.0340 e. The fourth-order valence-corrected chi connectivity index (χ4v) is 3.42. The molecule has 20 heavy (non-hydrogen) atoms. The first-order valence-corrected chi connectivity index (χ1v) is 8.36. The number of rotatable bonds is 6. The highest BCUT2D eigenvalue weighted by Crippen LogP contribution is 2.15. The predicted octanol–water partition coefficient (Wildman–Crippen LogP) is 4.00. The average Bonchev–Trinajstić information content (AvgIpc) is 3.14. The number of thiophene rings is 1. The maximum absolute atomic E-state index is 3.50.